The molecule has 6 heteroatoms. The number of benzene rings is 2. The second-order valence-corrected chi connectivity index (χ2v) is 11.0. The van der Waals surface area contributed by atoms with E-state index in [-0.39, 0.29) is 36.2 Å². The molecule has 2 aromatic rings. The fraction of sp³-hybridized carbons (Fsp3) is 0.533. The van der Waals surface area contributed by atoms with E-state index in [0.29, 0.717) is 0 Å². The molecule has 0 aromatic heterocycles. The van der Waals surface area contributed by atoms with Crippen LogP contribution in [-0.2, 0) is 25.7 Å². The van der Waals surface area contributed by atoms with E-state index in [9.17, 15) is 9.59 Å². The third-order valence-corrected chi connectivity index (χ3v) is 6.89. The van der Waals surface area contributed by atoms with Gasteiger partial charge in [0.2, 0.25) is 0 Å². The van der Waals surface area contributed by atoms with Crippen molar-refractivity contribution in [2.75, 3.05) is 10.6 Å². The van der Waals surface area contributed by atoms with Crippen LogP contribution in [0.15, 0.2) is 36.4 Å². The highest BCUT2D eigenvalue weighted by atomic mass is 16.2. The third-order valence-electron chi connectivity index (χ3n) is 6.89. The van der Waals surface area contributed by atoms with Crippen LogP contribution in [0.25, 0.3) is 0 Å². The lowest BCUT2D eigenvalue weighted by Gasteiger charge is -2.31. The van der Waals surface area contributed by atoms with Crippen LogP contribution in [0.5, 0.6) is 0 Å². The molecule has 0 radical (unpaired) electrons. The lowest BCUT2D eigenvalue weighted by molar-refractivity contribution is 0.177. The maximum absolute atomic E-state index is 13.2. The smallest absolute Gasteiger partial charge is 0.320 e. The Labute approximate surface area is 217 Å². The summed E-state index contributed by atoms with van der Waals surface area (Å²) in [4.78, 5) is 30.1. The van der Waals surface area contributed by atoms with Gasteiger partial charge in [-0.25, -0.2) is 9.59 Å². The number of urea groups is 2. The minimum absolute atomic E-state index is 0.0655. The molecular formula is C30H44N4O2. The second-order valence-electron chi connectivity index (χ2n) is 11.0. The van der Waals surface area contributed by atoms with Crippen molar-refractivity contribution in [1.29, 1.82) is 0 Å². The molecule has 2 aromatic carbocycles. The van der Waals surface area contributed by atoms with Gasteiger partial charge in [0.25, 0.3) is 0 Å². The fourth-order valence-electron chi connectivity index (χ4n) is 5.28. The van der Waals surface area contributed by atoms with Crippen molar-refractivity contribution in [2.45, 2.75) is 105 Å². The van der Waals surface area contributed by atoms with E-state index in [4.69, 9.17) is 0 Å². The Kier molecular flexibility index (Phi) is 9.04. The number of hydrogen-bond donors (Lipinski definition) is 2. The molecule has 0 spiro atoms. The largest absolute Gasteiger partial charge is 0.322 e. The fourth-order valence-corrected chi connectivity index (χ4v) is 5.28. The Balaban J connectivity index is 1.89. The van der Waals surface area contributed by atoms with E-state index < -0.39 is 0 Å². The molecule has 0 saturated heterocycles. The van der Waals surface area contributed by atoms with Crippen LogP contribution in [0, 0.1) is 0 Å². The number of rotatable bonds is 6. The lowest BCUT2D eigenvalue weighted by atomic mass is 9.94. The molecule has 2 N–H and O–H groups in total. The molecule has 0 saturated carbocycles. The highest BCUT2D eigenvalue weighted by Crippen LogP contribution is 2.27. The lowest BCUT2D eigenvalue weighted by Crippen LogP contribution is -2.44. The normalized spacial score (nSPS) is 13.2. The van der Waals surface area contributed by atoms with Crippen LogP contribution in [0.3, 0.4) is 0 Å². The van der Waals surface area contributed by atoms with Crippen molar-refractivity contribution in [3.05, 3.63) is 58.7 Å². The van der Waals surface area contributed by atoms with Gasteiger partial charge >= 0.3 is 12.1 Å². The van der Waals surface area contributed by atoms with Gasteiger partial charge in [-0.2, -0.15) is 0 Å². The summed E-state index contributed by atoms with van der Waals surface area (Å²) in [6.45, 7) is 16.3. The first-order valence-electron chi connectivity index (χ1n) is 13.4. The van der Waals surface area contributed by atoms with E-state index in [1.54, 1.807) is 0 Å². The average molecular weight is 493 g/mol. The second kappa shape index (κ2) is 11.8. The van der Waals surface area contributed by atoms with Gasteiger partial charge in [-0.1, -0.05) is 24.3 Å². The molecule has 196 valence electrons. The average Bonchev–Trinajstić information content (AvgIpc) is 2.75. The molecule has 0 fully saturated rings. The number of nitrogens with one attached hydrogen (secondary N) is 2. The first-order chi connectivity index (χ1) is 17.0. The van der Waals surface area contributed by atoms with Gasteiger partial charge in [-0.05, 0) is 115 Å². The molecule has 4 bridgehead atoms. The van der Waals surface area contributed by atoms with E-state index in [2.05, 4.69) is 47.0 Å². The monoisotopic (exact) mass is 492 g/mol. The summed E-state index contributed by atoms with van der Waals surface area (Å²) >= 11 is 0. The molecule has 0 heterocycles. The van der Waals surface area contributed by atoms with Crippen LogP contribution in [0.2, 0.25) is 0 Å². The summed E-state index contributed by atoms with van der Waals surface area (Å²) in [7, 11) is 0. The molecule has 0 aliphatic heterocycles. The van der Waals surface area contributed by atoms with Crippen molar-refractivity contribution >= 4 is 23.4 Å². The first kappa shape index (κ1) is 27.6. The standard InChI is InChI=1S/C30H44N4O2/c1-19(2)33(20(3)4)29(35)31-27-17-23-9-10-24-12-14-26(16-15-25(27)13-11-23)28(18-24)32-30(36)34(21(5)6)22(7)8/h11-14,17-22H,9-10,15-16H2,1-8H3,(H,31,35)(H,32,36). The van der Waals surface area contributed by atoms with Crippen molar-refractivity contribution < 1.29 is 9.59 Å². The molecule has 0 atom stereocenters. The molecule has 6 nitrogen and oxygen atoms in total. The third kappa shape index (κ3) is 6.59. The Bertz CT molecular complexity index is 973. The first-order valence-corrected chi connectivity index (χ1v) is 13.4. The van der Waals surface area contributed by atoms with Crippen LogP contribution in [0.4, 0.5) is 21.0 Å². The zero-order chi connectivity index (χ0) is 26.6. The van der Waals surface area contributed by atoms with Crippen molar-refractivity contribution in [3.63, 3.8) is 0 Å². The quantitative estimate of drug-likeness (QED) is 0.462. The maximum atomic E-state index is 13.2. The van der Waals surface area contributed by atoms with Gasteiger partial charge < -0.3 is 20.4 Å². The molecule has 6 rings (SSSR count). The highest BCUT2D eigenvalue weighted by Gasteiger charge is 2.23. The molecule has 4 aliphatic rings. The summed E-state index contributed by atoms with van der Waals surface area (Å²) in [5, 5.41) is 6.41. The Morgan fingerprint density at radius 2 is 0.917 bits per heavy atom. The summed E-state index contributed by atoms with van der Waals surface area (Å²) < 4.78 is 0. The number of carbonyl (C=O) groups excluding carboxylic acids is 2. The van der Waals surface area contributed by atoms with Crippen LogP contribution in [-0.4, -0.2) is 46.0 Å². The SMILES string of the molecule is CC(C)N(C(=O)Nc1cc2ccc1CCc1ccc(cc1NC(=O)N(C(C)C)C(C)C)CC2)C(C)C. The van der Waals surface area contributed by atoms with E-state index in [1.165, 1.54) is 11.1 Å². The molecule has 4 amide bonds. The molecule has 0 unspecified atom stereocenters. The van der Waals surface area contributed by atoms with Crippen LogP contribution >= 0.6 is 0 Å². The summed E-state index contributed by atoms with van der Waals surface area (Å²) in [6.07, 6.45) is 3.25. The van der Waals surface area contributed by atoms with Crippen LogP contribution in [0.1, 0.15) is 77.6 Å². The number of aryl methyl sites for hydroxylation is 4. The van der Waals surface area contributed by atoms with Gasteiger partial charge in [-0.3, -0.25) is 0 Å². The predicted molar refractivity (Wildman–Crippen MR) is 150 cm³/mol. The van der Waals surface area contributed by atoms with Gasteiger partial charge in [0.1, 0.15) is 0 Å². The summed E-state index contributed by atoms with van der Waals surface area (Å²) in [5.74, 6) is 0. The van der Waals surface area contributed by atoms with Gasteiger partial charge in [0, 0.05) is 35.5 Å². The number of hydrogen-bond acceptors (Lipinski definition) is 2. The number of anilines is 2. The van der Waals surface area contributed by atoms with Crippen molar-refractivity contribution in [1.82, 2.24) is 9.80 Å². The van der Waals surface area contributed by atoms with Gasteiger partial charge in [0.05, 0.1) is 0 Å². The zero-order valence-corrected chi connectivity index (χ0v) is 23.3. The Morgan fingerprint density at radius 1 is 0.583 bits per heavy atom. The van der Waals surface area contributed by atoms with Crippen molar-refractivity contribution in [2.24, 2.45) is 0 Å². The predicted octanol–water partition coefficient (Wildman–Crippen LogP) is 6.87. The van der Waals surface area contributed by atoms with Gasteiger partial charge in [-0.15, -0.1) is 0 Å². The number of nitrogens with zero attached hydrogens (tertiary/aromatic N) is 2. The topological polar surface area (TPSA) is 64.7 Å². The Hall–Kier alpha value is -3.02. The zero-order valence-electron chi connectivity index (χ0n) is 23.3. The van der Waals surface area contributed by atoms with E-state index in [0.717, 1.165) is 48.2 Å². The molecular weight excluding hydrogens is 448 g/mol. The number of amides is 4. The van der Waals surface area contributed by atoms with E-state index >= 15 is 0 Å². The summed E-state index contributed by atoms with van der Waals surface area (Å²) in [6, 6.07) is 13.2. The van der Waals surface area contributed by atoms with E-state index in [1.807, 2.05) is 65.2 Å². The Morgan fingerprint density at radius 3 is 1.22 bits per heavy atom. The minimum Gasteiger partial charge on any atom is -0.320 e. The minimum atomic E-state index is -0.0655. The molecule has 4 aliphatic carbocycles. The summed E-state index contributed by atoms with van der Waals surface area (Å²) in [5.41, 5.74) is 6.36. The maximum Gasteiger partial charge on any atom is 0.322 e. The molecule has 36 heavy (non-hydrogen) atoms. The highest BCUT2D eigenvalue weighted by molar-refractivity contribution is 5.91. The van der Waals surface area contributed by atoms with Crippen LogP contribution < -0.4 is 10.6 Å². The number of carbonyl (C=O) groups is 2. The van der Waals surface area contributed by atoms with Gasteiger partial charge in [0.15, 0.2) is 0 Å². The van der Waals surface area contributed by atoms with Crippen molar-refractivity contribution in [3.8, 4) is 0 Å².